The quantitative estimate of drug-likeness (QED) is 0.249. The van der Waals surface area contributed by atoms with Crippen LogP contribution in [0.1, 0.15) is 31.7 Å². The van der Waals surface area contributed by atoms with Crippen molar-refractivity contribution in [3.05, 3.63) is 75.3 Å². The summed E-state index contributed by atoms with van der Waals surface area (Å²) in [5.74, 6) is 0.144. The fourth-order valence-corrected chi connectivity index (χ4v) is 5.92. The first-order valence-electron chi connectivity index (χ1n) is 12.5. The number of aromatic nitrogens is 2. The molecule has 0 atom stereocenters. The monoisotopic (exact) mass is 537 g/mol. The predicted molar refractivity (Wildman–Crippen MR) is 152 cm³/mol. The number of carbonyl (C=O) groups is 1. The summed E-state index contributed by atoms with van der Waals surface area (Å²) in [4.78, 5) is 38.0. The second kappa shape index (κ2) is 11.0. The van der Waals surface area contributed by atoms with Gasteiger partial charge < -0.3 is 9.80 Å². The molecule has 2 saturated heterocycles. The van der Waals surface area contributed by atoms with Crippen LogP contribution in [0.4, 0.5) is 15.9 Å². The fourth-order valence-electron chi connectivity index (χ4n) is 4.63. The summed E-state index contributed by atoms with van der Waals surface area (Å²) in [7, 11) is 0. The van der Waals surface area contributed by atoms with Crippen LogP contribution in [0, 0.1) is 5.82 Å². The summed E-state index contributed by atoms with van der Waals surface area (Å²) in [6, 6.07) is 11.9. The van der Waals surface area contributed by atoms with Gasteiger partial charge in [0, 0.05) is 44.6 Å². The number of unbranched alkanes of at least 4 members (excludes halogenated alkanes) is 2. The molecule has 3 aromatic rings. The SMILES string of the molecule is CCCCCN1C(=O)/C(=C\c2c(N3CCN(c4ccc(F)cc4)CC3)nc3ccccn3c2=O)SC1=S. The third-order valence-electron chi connectivity index (χ3n) is 6.65. The largest absolute Gasteiger partial charge is 0.368 e. The number of benzene rings is 1. The van der Waals surface area contributed by atoms with Crippen molar-refractivity contribution in [1.29, 1.82) is 0 Å². The third-order valence-corrected chi connectivity index (χ3v) is 8.03. The van der Waals surface area contributed by atoms with E-state index in [1.807, 2.05) is 6.07 Å². The highest BCUT2D eigenvalue weighted by atomic mass is 32.2. The molecule has 192 valence electrons. The molecule has 0 N–H and O–H groups in total. The van der Waals surface area contributed by atoms with E-state index in [0.717, 1.165) is 24.9 Å². The lowest BCUT2D eigenvalue weighted by molar-refractivity contribution is -0.122. The number of carbonyl (C=O) groups excluding carboxylic acids is 1. The van der Waals surface area contributed by atoms with Crippen LogP contribution in [-0.4, -0.2) is 57.2 Å². The molecule has 7 nitrogen and oxygen atoms in total. The van der Waals surface area contributed by atoms with Crippen molar-refractivity contribution in [2.24, 2.45) is 0 Å². The normalized spacial score (nSPS) is 17.5. The highest BCUT2D eigenvalue weighted by Crippen LogP contribution is 2.34. The van der Waals surface area contributed by atoms with E-state index in [4.69, 9.17) is 17.2 Å². The minimum absolute atomic E-state index is 0.157. The first-order valence-corrected chi connectivity index (χ1v) is 13.7. The van der Waals surface area contributed by atoms with Crippen LogP contribution in [-0.2, 0) is 4.79 Å². The van der Waals surface area contributed by atoms with Crippen LogP contribution in [0.2, 0.25) is 0 Å². The van der Waals surface area contributed by atoms with Crippen molar-refractivity contribution in [2.45, 2.75) is 26.2 Å². The van der Waals surface area contributed by atoms with Crippen molar-refractivity contribution in [3.63, 3.8) is 0 Å². The van der Waals surface area contributed by atoms with Gasteiger partial charge in [0.05, 0.1) is 10.5 Å². The summed E-state index contributed by atoms with van der Waals surface area (Å²) in [6.07, 6.45) is 6.33. The molecule has 4 heterocycles. The molecule has 2 aliphatic rings. The molecule has 0 saturated carbocycles. The zero-order valence-corrected chi connectivity index (χ0v) is 22.2. The van der Waals surface area contributed by atoms with E-state index in [1.165, 1.54) is 28.3 Å². The maximum absolute atomic E-state index is 13.6. The van der Waals surface area contributed by atoms with Gasteiger partial charge in [-0.15, -0.1) is 0 Å². The number of rotatable bonds is 7. The molecule has 5 rings (SSSR count). The van der Waals surface area contributed by atoms with Crippen molar-refractivity contribution in [1.82, 2.24) is 14.3 Å². The molecule has 1 amide bonds. The Balaban J connectivity index is 1.46. The smallest absolute Gasteiger partial charge is 0.267 e. The number of piperazine rings is 1. The first kappa shape index (κ1) is 25.4. The number of hydrogen-bond donors (Lipinski definition) is 0. The lowest BCUT2D eigenvalue weighted by Crippen LogP contribution is -2.47. The Morgan fingerprint density at radius 1 is 1.03 bits per heavy atom. The lowest BCUT2D eigenvalue weighted by Gasteiger charge is -2.37. The van der Waals surface area contributed by atoms with Gasteiger partial charge in [0.15, 0.2) is 0 Å². The van der Waals surface area contributed by atoms with Crippen LogP contribution >= 0.6 is 24.0 Å². The fraction of sp³-hybridized carbons (Fsp3) is 0.333. The summed E-state index contributed by atoms with van der Waals surface area (Å²) >= 11 is 6.72. The van der Waals surface area contributed by atoms with E-state index in [1.54, 1.807) is 41.4 Å². The molecule has 0 spiro atoms. The Kier molecular flexibility index (Phi) is 7.57. The number of thioether (sulfide) groups is 1. The predicted octanol–water partition coefficient (Wildman–Crippen LogP) is 4.55. The van der Waals surface area contributed by atoms with E-state index < -0.39 is 0 Å². The van der Waals surface area contributed by atoms with Gasteiger partial charge in [0.2, 0.25) is 0 Å². The van der Waals surface area contributed by atoms with Crippen molar-refractivity contribution >= 4 is 57.4 Å². The van der Waals surface area contributed by atoms with E-state index in [2.05, 4.69) is 16.7 Å². The molecule has 10 heteroatoms. The molecular weight excluding hydrogens is 509 g/mol. The number of thiocarbonyl (C=S) groups is 1. The second-order valence-electron chi connectivity index (χ2n) is 9.07. The maximum atomic E-state index is 13.6. The van der Waals surface area contributed by atoms with Gasteiger partial charge in [0.1, 0.15) is 21.6 Å². The summed E-state index contributed by atoms with van der Waals surface area (Å²) in [6.45, 7) is 5.35. The van der Waals surface area contributed by atoms with Gasteiger partial charge in [-0.05, 0) is 48.9 Å². The molecule has 37 heavy (non-hydrogen) atoms. The van der Waals surface area contributed by atoms with Crippen molar-refractivity contribution in [3.8, 4) is 0 Å². The van der Waals surface area contributed by atoms with E-state index in [9.17, 15) is 14.0 Å². The molecule has 0 bridgehead atoms. The molecule has 0 unspecified atom stereocenters. The number of fused-ring (bicyclic) bond motifs is 1. The Morgan fingerprint density at radius 3 is 2.49 bits per heavy atom. The Bertz CT molecular complexity index is 1410. The van der Waals surface area contributed by atoms with Crippen molar-refractivity contribution in [2.75, 3.05) is 42.5 Å². The summed E-state index contributed by atoms with van der Waals surface area (Å²) in [5, 5.41) is 0. The standard InChI is InChI=1S/C27H28FN5O2S2/c1-2-3-5-13-33-26(35)22(37-27(33)36)18-21-24(29-23-7-4-6-12-32(23)25(21)34)31-16-14-30(15-17-31)20-10-8-19(28)9-11-20/h4,6-12,18H,2-3,5,13-17H2,1H3/b22-18+. The first-order chi connectivity index (χ1) is 18.0. The molecule has 2 fully saturated rings. The highest BCUT2D eigenvalue weighted by molar-refractivity contribution is 8.26. The zero-order chi connectivity index (χ0) is 25.9. The third kappa shape index (κ3) is 5.26. The van der Waals surface area contributed by atoms with Crippen LogP contribution in [0.5, 0.6) is 0 Å². The van der Waals surface area contributed by atoms with Gasteiger partial charge in [0.25, 0.3) is 11.5 Å². The number of hydrogen-bond acceptors (Lipinski definition) is 7. The molecule has 2 aromatic heterocycles. The minimum atomic E-state index is -0.261. The van der Waals surface area contributed by atoms with Gasteiger partial charge in [-0.3, -0.25) is 18.9 Å². The molecule has 2 aliphatic heterocycles. The molecule has 0 aliphatic carbocycles. The average molecular weight is 538 g/mol. The van der Waals surface area contributed by atoms with Gasteiger partial charge in [-0.2, -0.15) is 0 Å². The number of nitrogens with zero attached hydrogens (tertiary/aromatic N) is 5. The van der Waals surface area contributed by atoms with E-state index in [-0.39, 0.29) is 17.3 Å². The number of amides is 1. The van der Waals surface area contributed by atoms with Crippen LogP contribution < -0.4 is 15.4 Å². The van der Waals surface area contributed by atoms with Gasteiger partial charge in [-0.1, -0.05) is 49.8 Å². The van der Waals surface area contributed by atoms with Gasteiger partial charge in [-0.25, -0.2) is 9.37 Å². The van der Waals surface area contributed by atoms with Crippen LogP contribution in [0.15, 0.2) is 58.4 Å². The highest BCUT2D eigenvalue weighted by Gasteiger charge is 2.33. The number of halogens is 1. The topological polar surface area (TPSA) is 61.2 Å². The minimum Gasteiger partial charge on any atom is -0.368 e. The summed E-state index contributed by atoms with van der Waals surface area (Å²) < 4.78 is 15.4. The Morgan fingerprint density at radius 2 is 1.76 bits per heavy atom. The maximum Gasteiger partial charge on any atom is 0.267 e. The Labute approximate surface area is 224 Å². The van der Waals surface area contributed by atoms with E-state index >= 15 is 0 Å². The summed E-state index contributed by atoms with van der Waals surface area (Å²) in [5.41, 5.74) is 1.66. The van der Waals surface area contributed by atoms with Crippen molar-refractivity contribution < 1.29 is 9.18 Å². The second-order valence-corrected chi connectivity index (χ2v) is 10.7. The molecular formula is C27H28FN5O2S2. The molecule has 0 radical (unpaired) electrons. The number of pyridine rings is 1. The van der Waals surface area contributed by atoms with Gasteiger partial charge >= 0.3 is 0 Å². The molecule has 1 aromatic carbocycles. The number of anilines is 2. The Hall–Kier alpha value is -3.24. The average Bonchev–Trinajstić information content (AvgIpc) is 3.18. The van der Waals surface area contributed by atoms with E-state index in [0.29, 0.717) is 59.0 Å². The van der Waals surface area contributed by atoms with Crippen LogP contribution in [0.25, 0.3) is 11.7 Å². The lowest BCUT2D eigenvalue weighted by atomic mass is 10.2. The van der Waals surface area contributed by atoms with Crippen LogP contribution in [0.3, 0.4) is 0 Å². The zero-order valence-electron chi connectivity index (χ0n) is 20.6.